The molecule has 0 bridgehead atoms. The van der Waals surface area contributed by atoms with Crippen molar-refractivity contribution < 1.29 is 9.21 Å². The highest BCUT2D eigenvalue weighted by Crippen LogP contribution is 2.27. The zero-order valence-electron chi connectivity index (χ0n) is 13.6. The van der Waals surface area contributed by atoms with Crippen molar-refractivity contribution in [1.82, 2.24) is 10.2 Å². The van der Waals surface area contributed by atoms with Gasteiger partial charge in [-0.2, -0.15) is 0 Å². The minimum Gasteiger partial charge on any atom is -0.460 e. The van der Waals surface area contributed by atoms with Gasteiger partial charge in [-0.25, -0.2) is 0 Å². The highest BCUT2D eigenvalue weighted by atomic mass is 16.3. The third-order valence-corrected chi connectivity index (χ3v) is 3.51. The summed E-state index contributed by atoms with van der Waals surface area (Å²) in [5.74, 6) is 0.851. The first-order valence-electron chi connectivity index (χ1n) is 7.73. The van der Waals surface area contributed by atoms with Gasteiger partial charge in [0.05, 0.1) is 0 Å². The van der Waals surface area contributed by atoms with E-state index in [-0.39, 0.29) is 5.91 Å². The second-order valence-electron chi connectivity index (χ2n) is 5.57. The molecule has 22 heavy (non-hydrogen) atoms. The van der Waals surface area contributed by atoms with E-state index >= 15 is 0 Å². The molecular formula is C18H24N2O2. The lowest BCUT2D eigenvalue weighted by molar-refractivity contribution is -0.116. The molecule has 1 aromatic carbocycles. The molecule has 2 rings (SSSR count). The average Bonchev–Trinajstić information content (AvgIpc) is 2.87. The molecular weight excluding hydrogens is 276 g/mol. The van der Waals surface area contributed by atoms with Gasteiger partial charge in [0.15, 0.2) is 0 Å². The van der Waals surface area contributed by atoms with Crippen LogP contribution in [0.2, 0.25) is 0 Å². The molecule has 0 spiro atoms. The number of para-hydroxylation sites is 1. The number of hydrogen-bond acceptors (Lipinski definition) is 3. The number of carbonyl (C=O) groups is 1. The summed E-state index contributed by atoms with van der Waals surface area (Å²) in [6, 6.07) is 7.91. The quantitative estimate of drug-likeness (QED) is 0.631. The topological polar surface area (TPSA) is 45.5 Å². The molecule has 0 saturated carbocycles. The van der Waals surface area contributed by atoms with Crippen LogP contribution in [0.1, 0.15) is 24.7 Å². The van der Waals surface area contributed by atoms with Crippen LogP contribution < -0.4 is 5.32 Å². The summed E-state index contributed by atoms with van der Waals surface area (Å²) in [7, 11) is 4.05. The molecule has 2 aromatic rings. The molecule has 0 fully saturated rings. The van der Waals surface area contributed by atoms with Crippen molar-refractivity contribution >= 4 is 23.0 Å². The Morgan fingerprint density at radius 3 is 2.82 bits per heavy atom. The molecule has 118 valence electrons. The van der Waals surface area contributed by atoms with E-state index in [0.29, 0.717) is 6.54 Å². The van der Waals surface area contributed by atoms with Gasteiger partial charge in [0.2, 0.25) is 5.91 Å². The van der Waals surface area contributed by atoms with Gasteiger partial charge in [-0.3, -0.25) is 4.79 Å². The van der Waals surface area contributed by atoms with Gasteiger partial charge in [-0.05, 0) is 39.2 Å². The molecule has 0 saturated heterocycles. The number of rotatable bonds is 7. The van der Waals surface area contributed by atoms with Crippen molar-refractivity contribution in [3.05, 3.63) is 41.7 Å². The highest BCUT2D eigenvalue weighted by Gasteiger charge is 2.09. The van der Waals surface area contributed by atoms with Crippen molar-refractivity contribution in [3.8, 4) is 0 Å². The van der Waals surface area contributed by atoms with Crippen molar-refractivity contribution in [2.75, 3.05) is 27.2 Å². The van der Waals surface area contributed by atoms with Crippen LogP contribution in [0.25, 0.3) is 17.0 Å². The summed E-state index contributed by atoms with van der Waals surface area (Å²) in [5.41, 5.74) is 1.87. The molecule has 4 heteroatoms. The zero-order valence-corrected chi connectivity index (χ0v) is 13.6. The fraction of sp³-hybridized carbons (Fsp3) is 0.389. The Labute approximate surface area is 131 Å². The average molecular weight is 300 g/mol. The van der Waals surface area contributed by atoms with Crippen LogP contribution in [0.3, 0.4) is 0 Å². The SMILES string of the molecule is CCc1oc2ccccc2c1/C=C/C(=O)NCCCN(C)C. The maximum atomic E-state index is 11.9. The third-order valence-electron chi connectivity index (χ3n) is 3.51. The van der Waals surface area contributed by atoms with E-state index in [1.54, 1.807) is 6.08 Å². The second kappa shape index (κ2) is 7.80. The lowest BCUT2D eigenvalue weighted by atomic mass is 10.1. The van der Waals surface area contributed by atoms with Crippen LogP contribution >= 0.6 is 0 Å². The number of nitrogens with zero attached hydrogens (tertiary/aromatic N) is 1. The number of nitrogens with one attached hydrogen (secondary N) is 1. The Hall–Kier alpha value is -2.07. The van der Waals surface area contributed by atoms with Crippen LogP contribution in [-0.2, 0) is 11.2 Å². The van der Waals surface area contributed by atoms with Gasteiger partial charge in [-0.15, -0.1) is 0 Å². The smallest absolute Gasteiger partial charge is 0.244 e. The largest absolute Gasteiger partial charge is 0.460 e. The Morgan fingerprint density at radius 1 is 1.32 bits per heavy atom. The van der Waals surface area contributed by atoms with Gasteiger partial charge >= 0.3 is 0 Å². The van der Waals surface area contributed by atoms with Gasteiger partial charge in [0.1, 0.15) is 11.3 Å². The second-order valence-corrected chi connectivity index (χ2v) is 5.57. The molecule has 0 aliphatic carbocycles. The summed E-state index contributed by atoms with van der Waals surface area (Å²) in [6.07, 6.45) is 5.19. The number of benzene rings is 1. The number of carbonyl (C=O) groups excluding carboxylic acids is 1. The normalized spacial score (nSPS) is 11.6. The van der Waals surface area contributed by atoms with Crippen LogP contribution in [0, 0.1) is 0 Å². The number of amides is 1. The minimum absolute atomic E-state index is 0.0638. The Balaban J connectivity index is 2.02. The maximum Gasteiger partial charge on any atom is 0.244 e. The van der Waals surface area contributed by atoms with Crippen LogP contribution in [0.4, 0.5) is 0 Å². The number of aryl methyl sites for hydroxylation is 1. The fourth-order valence-electron chi connectivity index (χ4n) is 2.39. The predicted molar refractivity (Wildman–Crippen MR) is 90.8 cm³/mol. The van der Waals surface area contributed by atoms with Crippen molar-refractivity contribution in [3.63, 3.8) is 0 Å². The molecule has 4 nitrogen and oxygen atoms in total. The molecule has 0 aliphatic heterocycles. The van der Waals surface area contributed by atoms with E-state index in [4.69, 9.17) is 4.42 Å². The Kier molecular flexibility index (Phi) is 5.78. The lowest BCUT2D eigenvalue weighted by Crippen LogP contribution is -2.25. The van der Waals surface area contributed by atoms with Crippen molar-refractivity contribution in [2.24, 2.45) is 0 Å². The van der Waals surface area contributed by atoms with E-state index in [1.807, 2.05) is 44.4 Å². The van der Waals surface area contributed by atoms with E-state index in [0.717, 1.165) is 41.7 Å². The lowest BCUT2D eigenvalue weighted by Gasteiger charge is -2.08. The first-order chi connectivity index (χ1) is 10.6. The van der Waals surface area contributed by atoms with Gasteiger partial charge in [0, 0.05) is 30.0 Å². The van der Waals surface area contributed by atoms with Gasteiger partial charge < -0.3 is 14.6 Å². The standard InChI is InChI=1S/C18H24N2O2/c1-4-16-15(14-8-5-6-9-17(14)22-16)10-11-18(21)19-12-7-13-20(2)3/h5-6,8-11H,4,7,12-13H2,1-3H3,(H,19,21)/b11-10+. The summed E-state index contributed by atoms with van der Waals surface area (Å²) >= 11 is 0. The van der Waals surface area contributed by atoms with E-state index in [9.17, 15) is 4.79 Å². The van der Waals surface area contributed by atoms with Crippen LogP contribution in [0.15, 0.2) is 34.8 Å². The minimum atomic E-state index is -0.0638. The first kappa shape index (κ1) is 16.3. The van der Waals surface area contributed by atoms with Crippen molar-refractivity contribution in [2.45, 2.75) is 19.8 Å². The number of hydrogen-bond donors (Lipinski definition) is 1. The molecule has 0 radical (unpaired) electrons. The highest BCUT2D eigenvalue weighted by molar-refractivity contribution is 5.96. The van der Waals surface area contributed by atoms with Gasteiger partial charge in [0.25, 0.3) is 0 Å². The Bertz CT molecular complexity index is 656. The molecule has 0 aliphatic rings. The summed E-state index contributed by atoms with van der Waals surface area (Å²) in [4.78, 5) is 14.0. The van der Waals surface area contributed by atoms with Crippen LogP contribution in [-0.4, -0.2) is 38.0 Å². The number of fused-ring (bicyclic) bond motifs is 1. The molecule has 1 N–H and O–H groups in total. The summed E-state index contributed by atoms with van der Waals surface area (Å²) in [6.45, 7) is 3.71. The maximum absolute atomic E-state index is 11.9. The predicted octanol–water partition coefficient (Wildman–Crippen LogP) is 3.08. The van der Waals surface area contributed by atoms with Gasteiger partial charge in [-0.1, -0.05) is 25.1 Å². The molecule has 1 heterocycles. The third kappa shape index (κ3) is 4.21. The van der Waals surface area contributed by atoms with Crippen LogP contribution in [0.5, 0.6) is 0 Å². The molecule has 1 amide bonds. The molecule has 0 unspecified atom stereocenters. The van der Waals surface area contributed by atoms with Crippen molar-refractivity contribution in [1.29, 1.82) is 0 Å². The molecule has 0 atom stereocenters. The fourth-order valence-corrected chi connectivity index (χ4v) is 2.39. The number of furan rings is 1. The molecule has 1 aromatic heterocycles. The van der Waals surface area contributed by atoms with E-state index in [1.165, 1.54) is 0 Å². The zero-order chi connectivity index (χ0) is 15.9. The first-order valence-corrected chi connectivity index (χ1v) is 7.73. The summed E-state index contributed by atoms with van der Waals surface area (Å²) < 4.78 is 5.82. The van der Waals surface area contributed by atoms with E-state index < -0.39 is 0 Å². The monoisotopic (exact) mass is 300 g/mol. The van der Waals surface area contributed by atoms with E-state index in [2.05, 4.69) is 17.1 Å². The summed E-state index contributed by atoms with van der Waals surface area (Å²) in [5, 5.41) is 3.95. The Morgan fingerprint density at radius 2 is 2.09 bits per heavy atom.